The summed E-state index contributed by atoms with van der Waals surface area (Å²) in [6.07, 6.45) is 3.60. The Morgan fingerprint density at radius 3 is 2.46 bits per heavy atom. The third-order valence-electron chi connectivity index (χ3n) is 11.6. The van der Waals surface area contributed by atoms with Gasteiger partial charge < -0.3 is 45.1 Å². The highest BCUT2D eigenvalue weighted by atomic mass is 16.6. The molecular weight excluding hydrogens is 757 g/mol. The molecule has 16 nitrogen and oxygen atoms in total. The number of carbonyl (C=O) groups excluding carboxylic acids is 3. The van der Waals surface area contributed by atoms with Crippen LogP contribution in [0, 0.1) is 17.3 Å². The molecule has 2 aromatic heterocycles. The van der Waals surface area contributed by atoms with Crippen molar-refractivity contribution < 1.29 is 38.5 Å². The fraction of sp³-hybridized carbons (Fsp3) is 0.628. The van der Waals surface area contributed by atoms with Gasteiger partial charge in [0.25, 0.3) is 0 Å². The maximum absolute atomic E-state index is 14.7. The number of aromatic nitrogens is 3. The van der Waals surface area contributed by atoms with Crippen molar-refractivity contribution in [2.45, 2.75) is 123 Å². The molecule has 1 aliphatic heterocycles. The van der Waals surface area contributed by atoms with Crippen molar-refractivity contribution in [3.63, 3.8) is 0 Å². The molecule has 16 heteroatoms. The smallest absolute Gasteiger partial charge is 0.408 e. The highest BCUT2D eigenvalue weighted by molar-refractivity contribution is 5.96. The van der Waals surface area contributed by atoms with E-state index in [0.717, 1.165) is 25.8 Å². The number of fused-ring (bicyclic) bond motifs is 1. The Labute approximate surface area is 346 Å². The topological polar surface area (TPSA) is 189 Å². The summed E-state index contributed by atoms with van der Waals surface area (Å²) in [7, 11) is 3.95. The summed E-state index contributed by atoms with van der Waals surface area (Å²) in [4.78, 5) is 63.1. The van der Waals surface area contributed by atoms with Crippen LogP contribution in [0.15, 0.2) is 36.5 Å². The highest BCUT2D eigenvalue weighted by Gasteiger charge is 2.61. The van der Waals surface area contributed by atoms with Crippen LogP contribution < -0.4 is 25.4 Å². The van der Waals surface area contributed by atoms with Gasteiger partial charge in [-0.3, -0.25) is 9.59 Å². The summed E-state index contributed by atoms with van der Waals surface area (Å²) in [6.45, 7) is 14.8. The van der Waals surface area contributed by atoms with E-state index in [4.69, 9.17) is 19.2 Å². The average molecular weight is 819 g/mol. The van der Waals surface area contributed by atoms with Gasteiger partial charge in [0.05, 0.1) is 12.1 Å². The second-order valence-corrected chi connectivity index (χ2v) is 18.2. The van der Waals surface area contributed by atoms with E-state index < -0.39 is 53.0 Å². The van der Waals surface area contributed by atoms with Crippen molar-refractivity contribution in [1.82, 2.24) is 35.2 Å². The Kier molecular flexibility index (Phi) is 13.0. The molecule has 4 unspecified atom stereocenters. The first kappa shape index (κ1) is 43.5. The summed E-state index contributed by atoms with van der Waals surface area (Å²) in [6, 6.07) is 7.21. The van der Waals surface area contributed by atoms with Crippen molar-refractivity contribution in [1.29, 1.82) is 0 Å². The second-order valence-electron chi connectivity index (χ2n) is 18.2. The fourth-order valence-electron chi connectivity index (χ4n) is 8.17. The first-order valence-corrected chi connectivity index (χ1v) is 20.9. The molecule has 0 radical (unpaired) electrons. The lowest BCUT2D eigenvalue weighted by atomic mass is 9.85. The van der Waals surface area contributed by atoms with E-state index in [9.17, 15) is 24.3 Å². The average Bonchev–Trinajstić information content (AvgIpc) is 3.47. The third-order valence-corrected chi connectivity index (χ3v) is 11.6. The number of amides is 3. The van der Waals surface area contributed by atoms with Gasteiger partial charge in [0.15, 0.2) is 5.82 Å². The Hall–Kier alpha value is -5.12. The van der Waals surface area contributed by atoms with Crippen LogP contribution in [0.2, 0.25) is 0 Å². The van der Waals surface area contributed by atoms with Crippen LogP contribution in [0.1, 0.15) is 87.0 Å². The number of aliphatic carboxylic acids is 1. The fourth-order valence-corrected chi connectivity index (χ4v) is 8.17. The van der Waals surface area contributed by atoms with Gasteiger partial charge in [-0.25, -0.2) is 19.3 Å². The Morgan fingerprint density at radius 2 is 1.83 bits per heavy atom. The maximum atomic E-state index is 14.7. The number of pyridine rings is 1. The van der Waals surface area contributed by atoms with E-state index in [1.54, 1.807) is 16.9 Å². The SMILES string of the molecule is CCC1C[C@]1(NC(=O)C1C[C@@H](Oc2cc(-n3ccc(NC(C)C)n3)nc3cc(OCCN(C)C)ccc23)CN1C(=O)[C@@H](NC(=O)OC1CCC(C)C1)C(C)(C)C)C(=O)O. The standard InChI is InChI=1S/C43H62N8O8/c1-10-27-23-43(27,40(54)55)47-38(52)33-21-30(24-50(33)39(53)37(42(5,6)7)46-41(56)59-29-12-11-26(4)19-29)58-34-22-36(51-16-15-35(48-51)44-25(2)3)45-32-20-28(13-14-31(32)34)57-18-17-49(8)9/h13-16,20,22,25-27,29-30,33,37H,10-12,17-19,21,23-24H2,1-9H3,(H,44,48)(H,46,56)(H,47,52)(H,54,55)/t26?,27?,29?,30-,33?,37-,43-/m1/s1. The lowest BCUT2D eigenvalue weighted by Crippen LogP contribution is -2.59. The zero-order valence-corrected chi connectivity index (χ0v) is 35.9. The van der Waals surface area contributed by atoms with Crippen molar-refractivity contribution in [3.8, 4) is 17.3 Å². The number of likely N-dealkylation sites (N-methyl/N-ethyl adjacent to an activating group) is 1. The van der Waals surface area contributed by atoms with E-state index in [1.807, 2.05) is 84.8 Å². The molecule has 3 amide bonds. The predicted molar refractivity (Wildman–Crippen MR) is 223 cm³/mol. The molecule has 0 spiro atoms. The number of benzene rings is 1. The van der Waals surface area contributed by atoms with Crippen LogP contribution in [0.4, 0.5) is 10.6 Å². The number of carboxylic acid groups (broad SMARTS) is 1. The minimum Gasteiger partial charge on any atom is -0.492 e. The van der Waals surface area contributed by atoms with Crippen molar-refractivity contribution in [2.75, 3.05) is 39.1 Å². The number of alkyl carbamates (subject to hydrolysis) is 1. The number of nitrogens with zero attached hydrogens (tertiary/aromatic N) is 5. The molecule has 4 N–H and O–H groups in total. The van der Waals surface area contributed by atoms with Crippen LogP contribution in [-0.4, -0.2) is 123 Å². The summed E-state index contributed by atoms with van der Waals surface area (Å²) in [5.74, 6) is 0.267. The largest absolute Gasteiger partial charge is 0.492 e. The Morgan fingerprint density at radius 1 is 1.07 bits per heavy atom. The number of anilines is 1. The van der Waals surface area contributed by atoms with Crippen LogP contribution >= 0.6 is 0 Å². The lowest BCUT2D eigenvalue weighted by Gasteiger charge is -2.35. The molecule has 3 aliphatic rings. The highest BCUT2D eigenvalue weighted by Crippen LogP contribution is 2.46. The summed E-state index contributed by atoms with van der Waals surface area (Å²) >= 11 is 0. The molecule has 3 heterocycles. The van der Waals surface area contributed by atoms with E-state index in [1.165, 1.54) is 4.90 Å². The molecule has 2 saturated carbocycles. The lowest BCUT2D eigenvalue weighted by molar-refractivity contribution is -0.146. The molecule has 7 atom stereocenters. The maximum Gasteiger partial charge on any atom is 0.408 e. The first-order chi connectivity index (χ1) is 27.9. The van der Waals surface area contributed by atoms with Gasteiger partial charge >= 0.3 is 12.1 Å². The number of ether oxygens (including phenoxy) is 3. The van der Waals surface area contributed by atoms with Crippen LogP contribution in [-0.2, 0) is 19.1 Å². The monoisotopic (exact) mass is 818 g/mol. The summed E-state index contributed by atoms with van der Waals surface area (Å²) < 4.78 is 20.2. The van der Waals surface area contributed by atoms with Crippen molar-refractivity contribution >= 4 is 40.6 Å². The van der Waals surface area contributed by atoms with Crippen LogP contribution in [0.3, 0.4) is 0 Å². The molecule has 1 aromatic carbocycles. The number of likely N-dealkylation sites (tertiary alicyclic amines) is 1. The molecule has 322 valence electrons. The molecule has 3 aromatic rings. The van der Waals surface area contributed by atoms with Gasteiger partial charge in [-0.15, -0.1) is 5.10 Å². The Bertz CT molecular complexity index is 2010. The molecule has 3 fully saturated rings. The van der Waals surface area contributed by atoms with E-state index in [-0.39, 0.29) is 31.0 Å². The number of hydrogen-bond donors (Lipinski definition) is 4. The minimum absolute atomic E-state index is 0.00719. The summed E-state index contributed by atoms with van der Waals surface area (Å²) in [5.41, 5.74) is -1.59. The van der Waals surface area contributed by atoms with E-state index in [0.29, 0.717) is 59.4 Å². The Balaban J connectivity index is 1.32. The minimum atomic E-state index is -1.40. The molecule has 1 saturated heterocycles. The molecule has 59 heavy (non-hydrogen) atoms. The third kappa shape index (κ3) is 10.2. The zero-order chi connectivity index (χ0) is 42.8. The van der Waals surface area contributed by atoms with Crippen LogP contribution in [0.5, 0.6) is 11.5 Å². The molecule has 2 aliphatic carbocycles. The van der Waals surface area contributed by atoms with Crippen molar-refractivity contribution in [2.24, 2.45) is 17.3 Å². The molecule has 6 rings (SSSR count). The number of carboxylic acids is 1. The van der Waals surface area contributed by atoms with Gasteiger partial charge in [0.1, 0.15) is 53.8 Å². The predicted octanol–water partition coefficient (Wildman–Crippen LogP) is 5.23. The zero-order valence-electron chi connectivity index (χ0n) is 35.9. The quantitative estimate of drug-likeness (QED) is 0.148. The van der Waals surface area contributed by atoms with E-state index in [2.05, 4.69) is 28.0 Å². The first-order valence-electron chi connectivity index (χ1n) is 20.9. The van der Waals surface area contributed by atoms with Crippen molar-refractivity contribution in [3.05, 3.63) is 36.5 Å². The molecular formula is C43H62N8O8. The van der Waals surface area contributed by atoms with E-state index >= 15 is 0 Å². The van der Waals surface area contributed by atoms with Gasteiger partial charge in [-0.2, -0.15) is 0 Å². The number of rotatable bonds is 16. The normalized spacial score (nSPS) is 24.6. The number of nitrogens with one attached hydrogen (secondary N) is 3. The van der Waals surface area contributed by atoms with Gasteiger partial charge in [0, 0.05) is 48.8 Å². The van der Waals surface area contributed by atoms with Gasteiger partial charge in [-0.05, 0) is 83.0 Å². The second kappa shape index (κ2) is 17.6. The van der Waals surface area contributed by atoms with Gasteiger partial charge in [0.2, 0.25) is 11.8 Å². The summed E-state index contributed by atoms with van der Waals surface area (Å²) in [5, 5.41) is 24.5. The number of carbonyl (C=O) groups is 4. The number of hydrogen-bond acceptors (Lipinski definition) is 11. The molecule has 0 bridgehead atoms. The van der Waals surface area contributed by atoms with Crippen LogP contribution in [0.25, 0.3) is 16.7 Å². The van der Waals surface area contributed by atoms with Gasteiger partial charge in [-0.1, -0.05) is 41.0 Å².